The van der Waals surface area contributed by atoms with E-state index in [2.05, 4.69) is 19.9 Å². The molecule has 1 unspecified atom stereocenters. The molecular formula is C12H17ClO. The van der Waals surface area contributed by atoms with E-state index in [1.807, 2.05) is 19.1 Å². The zero-order chi connectivity index (χ0) is 10.6. The Bertz CT molecular complexity index is 296. The van der Waals surface area contributed by atoms with Crippen LogP contribution in [0.25, 0.3) is 0 Å². The van der Waals surface area contributed by atoms with Gasteiger partial charge in [0.05, 0.1) is 11.1 Å². The third-order valence-corrected chi connectivity index (χ3v) is 2.60. The summed E-state index contributed by atoms with van der Waals surface area (Å²) in [6.45, 7) is 6.25. The van der Waals surface area contributed by atoms with Crippen LogP contribution in [0.4, 0.5) is 0 Å². The minimum Gasteiger partial charge on any atom is -0.489 e. The van der Waals surface area contributed by atoms with Gasteiger partial charge in [-0.1, -0.05) is 31.5 Å². The van der Waals surface area contributed by atoms with Gasteiger partial charge in [-0.15, -0.1) is 0 Å². The van der Waals surface area contributed by atoms with Crippen molar-refractivity contribution in [3.05, 3.63) is 28.8 Å². The molecule has 1 atom stereocenters. The largest absolute Gasteiger partial charge is 0.489 e. The molecule has 1 nitrogen and oxygen atoms in total. The molecule has 0 saturated heterocycles. The summed E-state index contributed by atoms with van der Waals surface area (Å²) in [6.07, 6.45) is 2.22. The molecule has 0 spiro atoms. The molecule has 0 bridgehead atoms. The molecule has 0 aromatic heterocycles. The van der Waals surface area contributed by atoms with E-state index in [0.29, 0.717) is 5.02 Å². The molecule has 0 saturated carbocycles. The summed E-state index contributed by atoms with van der Waals surface area (Å²) in [6, 6.07) is 5.98. The van der Waals surface area contributed by atoms with Crippen LogP contribution < -0.4 is 4.74 Å². The highest BCUT2D eigenvalue weighted by Gasteiger charge is 2.05. The first-order valence-corrected chi connectivity index (χ1v) is 5.50. The molecule has 1 aromatic rings. The first-order chi connectivity index (χ1) is 6.67. The van der Waals surface area contributed by atoms with Crippen LogP contribution >= 0.6 is 11.6 Å². The van der Waals surface area contributed by atoms with Crippen LogP contribution in [0.1, 0.15) is 32.8 Å². The molecule has 78 valence electrons. The molecule has 1 aromatic carbocycles. The molecule has 2 heteroatoms. The maximum Gasteiger partial charge on any atom is 0.138 e. The Morgan fingerprint density at radius 2 is 2.07 bits per heavy atom. The summed E-state index contributed by atoms with van der Waals surface area (Å²) in [5.74, 6) is 0.790. The highest BCUT2D eigenvalue weighted by Crippen LogP contribution is 2.26. The molecule has 0 aliphatic rings. The van der Waals surface area contributed by atoms with E-state index in [1.54, 1.807) is 0 Å². The second kappa shape index (κ2) is 5.26. The lowest BCUT2D eigenvalue weighted by Gasteiger charge is -2.14. The summed E-state index contributed by atoms with van der Waals surface area (Å²) >= 11 is 6.08. The molecule has 0 aliphatic heterocycles. The van der Waals surface area contributed by atoms with Gasteiger partial charge < -0.3 is 4.74 Å². The zero-order valence-corrected chi connectivity index (χ0v) is 9.77. The normalized spacial score (nSPS) is 12.6. The first-order valence-electron chi connectivity index (χ1n) is 5.12. The van der Waals surface area contributed by atoms with Gasteiger partial charge in [0.1, 0.15) is 5.75 Å². The van der Waals surface area contributed by atoms with E-state index in [9.17, 15) is 0 Å². The Hall–Kier alpha value is -0.690. The van der Waals surface area contributed by atoms with Crippen molar-refractivity contribution in [1.82, 2.24) is 0 Å². The average Bonchev–Trinajstić information content (AvgIpc) is 2.20. The van der Waals surface area contributed by atoms with Crippen molar-refractivity contribution in [3.8, 4) is 5.75 Å². The molecule has 0 N–H and O–H groups in total. The number of hydrogen-bond acceptors (Lipinski definition) is 1. The maximum atomic E-state index is 6.08. The van der Waals surface area contributed by atoms with Crippen LogP contribution in [0.2, 0.25) is 5.02 Å². The van der Waals surface area contributed by atoms with Crippen LogP contribution in [-0.2, 0) is 6.42 Å². The lowest BCUT2D eigenvalue weighted by atomic mass is 10.2. The summed E-state index contributed by atoms with van der Waals surface area (Å²) in [5.41, 5.74) is 1.24. The highest BCUT2D eigenvalue weighted by molar-refractivity contribution is 6.32. The minimum atomic E-state index is 0.222. The van der Waals surface area contributed by atoms with Gasteiger partial charge in [-0.05, 0) is 37.5 Å². The quantitative estimate of drug-likeness (QED) is 0.731. The third kappa shape index (κ3) is 2.91. The topological polar surface area (TPSA) is 9.23 Å². The molecular weight excluding hydrogens is 196 g/mol. The predicted molar refractivity (Wildman–Crippen MR) is 61.2 cm³/mol. The summed E-state index contributed by atoms with van der Waals surface area (Å²) in [4.78, 5) is 0. The maximum absolute atomic E-state index is 6.08. The van der Waals surface area contributed by atoms with Gasteiger partial charge in [-0.3, -0.25) is 0 Å². The summed E-state index contributed by atoms with van der Waals surface area (Å²) < 4.78 is 5.66. The Kier molecular flexibility index (Phi) is 4.27. The van der Waals surface area contributed by atoms with Crippen molar-refractivity contribution in [3.63, 3.8) is 0 Å². The first kappa shape index (κ1) is 11.4. The summed E-state index contributed by atoms with van der Waals surface area (Å²) in [7, 11) is 0. The van der Waals surface area contributed by atoms with E-state index in [1.165, 1.54) is 5.56 Å². The SMILES string of the molecule is CCc1ccc(OC(C)CC)c(Cl)c1. The van der Waals surface area contributed by atoms with Crippen LogP contribution in [0, 0.1) is 0 Å². The number of aryl methyl sites for hydroxylation is 1. The third-order valence-electron chi connectivity index (χ3n) is 2.31. The van der Waals surface area contributed by atoms with Gasteiger partial charge >= 0.3 is 0 Å². The second-order valence-electron chi connectivity index (χ2n) is 3.46. The van der Waals surface area contributed by atoms with Crippen LogP contribution in [0.15, 0.2) is 18.2 Å². The van der Waals surface area contributed by atoms with Crippen molar-refractivity contribution in [2.75, 3.05) is 0 Å². The fourth-order valence-electron chi connectivity index (χ4n) is 1.16. The minimum absolute atomic E-state index is 0.222. The van der Waals surface area contributed by atoms with Crippen molar-refractivity contribution in [2.24, 2.45) is 0 Å². The predicted octanol–water partition coefficient (Wildman–Crippen LogP) is 4.08. The molecule has 14 heavy (non-hydrogen) atoms. The number of hydrogen-bond donors (Lipinski definition) is 0. The molecule has 0 amide bonds. The van der Waals surface area contributed by atoms with E-state index in [-0.39, 0.29) is 6.10 Å². The lowest BCUT2D eigenvalue weighted by Crippen LogP contribution is -2.09. The van der Waals surface area contributed by atoms with Gasteiger partial charge in [0, 0.05) is 0 Å². The Morgan fingerprint density at radius 1 is 1.36 bits per heavy atom. The molecule has 0 heterocycles. The smallest absolute Gasteiger partial charge is 0.138 e. The molecule has 1 rings (SSSR count). The van der Waals surface area contributed by atoms with Crippen LogP contribution in [-0.4, -0.2) is 6.10 Å². The second-order valence-corrected chi connectivity index (χ2v) is 3.86. The molecule has 0 radical (unpaired) electrons. The van der Waals surface area contributed by atoms with Crippen molar-refractivity contribution < 1.29 is 4.74 Å². The van der Waals surface area contributed by atoms with Gasteiger partial charge in [0.2, 0.25) is 0 Å². The number of halogens is 1. The van der Waals surface area contributed by atoms with E-state index in [0.717, 1.165) is 18.6 Å². The number of ether oxygens (including phenoxy) is 1. The van der Waals surface area contributed by atoms with E-state index in [4.69, 9.17) is 16.3 Å². The van der Waals surface area contributed by atoms with Gasteiger partial charge in [-0.2, -0.15) is 0 Å². The van der Waals surface area contributed by atoms with Crippen LogP contribution in [0.5, 0.6) is 5.75 Å². The zero-order valence-electron chi connectivity index (χ0n) is 9.01. The van der Waals surface area contributed by atoms with Crippen molar-refractivity contribution in [2.45, 2.75) is 39.7 Å². The van der Waals surface area contributed by atoms with Gasteiger partial charge in [0.25, 0.3) is 0 Å². The van der Waals surface area contributed by atoms with Crippen molar-refractivity contribution in [1.29, 1.82) is 0 Å². The molecule has 0 aliphatic carbocycles. The monoisotopic (exact) mass is 212 g/mol. The standard InChI is InChI=1S/C12H17ClO/c1-4-9(3)14-12-7-6-10(5-2)8-11(12)13/h6-9H,4-5H2,1-3H3. The Labute approximate surface area is 91.0 Å². The fourth-order valence-corrected chi connectivity index (χ4v) is 1.41. The van der Waals surface area contributed by atoms with Crippen LogP contribution in [0.3, 0.4) is 0 Å². The average molecular weight is 213 g/mol. The Balaban J connectivity index is 2.78. The molecule has 0 fully saturated rings. The number of benzene rings is 1. The van der Waals surface area contributed by atoms with E-state index >= 15 is 0 Å². The van der Waals surface area contributed by atoms with Gasteiger partial charge in [0.15, 0.2) is 0 Å². The van der Waals surface area contributed by atoms with E-state index < -0.39 is 0 Å². The Morgan fingerprint density at radius 3 is 2.57 bits per heavy atom. The number of rotatable bonds is 4. The van der Waals surface area contributed by atoms with Gasteiger partial charge in [-0.25, -0.2) is 0 Å². The highest BCUT2D eigenvalue weighted by atomic mass is 35.5. The van der Waals surface area contributed by atoms with Crippen molar-refractivity contribution >= 4 is 11.6 Å². The lowest BCUT2D eigenvalue weighted by molar-refractivity contribution is 0.217. The fraction of sp³-hybridized carbons (Fsp3) is 0.500. The summed E-state index contributed by atoms with van der Waals surface area (Å²) in [5, 5.41) is 0.713.